The Hall–Kier alpha value is -2.52. The Labute approximate surface area is 177 Å². The van der Waals surface area contributed by atoms with Crippen molar-refractivity contribution in [3.8, 4) is 11.5 Å². The number of thiophene rings is 1. The SMILES string of the molecule is COc1ccc(NC(=O)c2nc(N3CCSCC3)c3c(C)scc3n2)c(OC)c1. The van der Waals surface area contributed by atoms with Crippen LogP contribution in [0.25, 0.3) is 10.9 Å². The van der Waals surface area contributed by atoms with E-state index >= 15 is 0 Å². The molecule has 1 aromatic carbocycles. The number of methoxy groups -OCH3 is 2. The number of hydrogen-bond acceptors (Lipinski definition) is 8. The van der Waals surface area contributed by atoms with Crippen LogP contribution in [-0.4, -0.2) is 54.7 Å². The number of fused-ring (bicyclic) bond motifs is 1. The number of carbonyl (C=O) groups is 1. The fourth-order valence-corrected chi connectivity index (χ4v) is 4.95. The molecule has 0 spiro atoms. The quantitative estimate of drug-likeness (QED) is 0.659. The molecule has 0 unspecified atom stereocenters. The Morgan fingerprint density at radius 3 is 2.69 bits per heavy atom. The van der Waals surface area contributed by atoms with Crippen LogP contribution in [0.15, 0.2) is 23.6 Å². The molecule has 152 valence electrons. The first kappa shape index (κ1) is 19.8. The summed E-state index contributed by atoms with van der Waals surface area (Å²) in [6.07, 6.45) is 0. The Kier molecular flexibility index (Phi) is 5.77. The average molecular weight is 431 g/mol. The lowest BCUT2D eigenvalue weighted by atomic mass is 10.2. The lowest BCUT2D eigenvalue weighted by Crippen LogP contribution is -2.34. The minimum atomic E-state index is -0.369. The van der Waals surface area contributed by atoms with Crippen molar-refractivity contribution in [2.75, 3.05) is 49.0 Å². The first-order chi connectivity index (χ1) is 14.1. The number of ether oxygens (including phenoxy) is 2. The van der Waals surface area contributed by atoms with Gasteiger partial charge in [0.1, 0.15) is 17.3 Å². The average Bonchev–Trinajstić information content (AvgIpc) is 3.14. The summed E-state index contributed by atoms with van der Waals surface area (Å²) in [6, 6.07) is 5.23. The molecule has 1 aliphatic heterocycles. The summed E-state index contributed by atoms with van der Waals surface area (Å²) < 4.78 is 10.6. The number of nitrogens with one attached hydrogen (secondary N) is 1. The van der Waals surface area contributed by atoms with Crippen molar-refractivity contribution in [1.82, 2.24) is 9.97 Å². The van der Waals surface area contributed by atoms with Gasteiger partial charge in [0.2, 0.25) is 5.82 Å². The van der Waals surface area contributed by atoms with E-state index in [9.17, 15) is 4.79 Å². The van der Waals surface area contributed by atoms with Gasteiger partial charge < -0.3 is 19.7 Å². The molecule has 1 N–H and O–H groups in total. The minimum Gasteiger partial charge on any atom is -0.497 e. The summed E-state index contributed by atoms with van der Waals surface area (Å²) in [6.45, 7) is 3.90. The number of aryl methyl sites for hydroxylation is 1. The molecular weight excluding hydrogens is 408 g/mol. The number of benzene rings is 1. The third-order valence-electron chi connectivity index (χ3n) is 4.79. The predicted molar refractivity (Wildman–Crippen MR) is 119 cm³/mol. The van der Waals surface area contributed by atoms with Gasteiger partial charge in [-0.3, -0.25) is 4.79 Å². The van der Waals surface area contributed by atoms with Gasteiger partial charge in [-0.15, -0.1) is 11.3 Å². The van der Waals surface area contributed by atoms with Gasteiger partial charge in [0.15, 0.2) is 0 Å². The molecule has 1 aliphatic rings. The number of carbonyl (C=O) groups excluding carboxylic acids is 1. The minimum absolute atomic E-state index is 0.154. The van der Waals surface area contributed by atoms with Gasteiger partial charge in [-0.25, -0.2) is 9.97 Å². The molecule has 1 saturated heterocycles. The second-order valence-corrected chi connectivity index (χ2v) is 8.85. The van der Waals surface area contributed by atoms with E-state index < -0.39 is 0 Å². The molecule has 2 aromatic heterocycles. The molecule has 0 radical (unpaired) electrons. The normalized spacial score (nSPS) is 14.1. The molecule has 1 amide bonds. The van der Waals surface area contributed by atoms with Crippen molar-refractivity contribution in [2.45, 2.75) is 6.92 Å². The summed E-state index contributed by atoms with van der Waals surface area (Å²) in [5.74, 6) is 3.91. The zero-order chi connectivity index (χ0) is 20.4. The Morgan fingerprint density at radius 1 is 1.17 bits per heavy atom. The fraction of sp³-hybridized carbons (Fsp3) is 0.350. The van der Waals surface area contributed by atoms with Gasteiger partial charge >= 0.3 is 0 Å². The fourth-order valence-electron chi connectivity index (χ4n) is 3.28. The topological polar surface area (TPSA) is 76.6 Å². The van der Waals surface area contributed by atoms with E-state index in [1.165, 1.54) is 0 Å². The molecule has 0 aliphatic carbocycles. The van der Waals surface area contributed by atoms with Crippen LogP contribution in [0.4, 0.5) is 11.5 Å². The van der Waals surface area contributed by atoms with E-state index in [1.807, 2.05) is 17.1 Å². The largest absolute Gasteiger partial charge is 0.497 e. The van der Waals surface area contributed by atoms with Crippen molar-refractivity contribution in [3.05, 3.63) is 34.3 Å². The third-order valence-corrected chi connectivity index (χ3v) is 6.63. The summed E-state index contributed by atoms with van der Waals surface area (Å²) >= 11 is 3.57. The maximum atomic E-state index is 13.0. The van der Waals surface area contributed by atoms with Crippen molar-refractivity contribution < 1.29 is 14.3 Å². The van der Waals surface area contributed by atoms with Crippen LogP contribution in [0.3, 0.4) is 0 Å². The Balaban J connectivity index is 1.69. The van der Waals surface area contributed by atoms with Crippen LogP contribution in [0.5, 0.6) is 11.5 Å². The number of hydrogen-bond donors (Lipinski definition) is 1. The number of nitrogens with zero attached hydrogens (tertiary/aromatic N) is 3. The number of anilines is 2. The van der Waals surface area contributed by atoms with Crippen LogP contribution in [0.2, 0.25) is 0 Å². The highest BCUT2D eigenvalue weighted by atomic mass is 32.2. The van der Waals surface area contributed by atoms with E-state index in [0.717, 1.165) is 46.2 Å². The van der Waals surface area contributed by atoms with Crippen LogP contribution < -0.4 is 19.7 Å². The molecular formula is C20H22N4O3S2. The van der Waals surface area contributed by atoms with Crippen molar-refractivity contribution in [1.29, 1.82) is 0 Å². The zero-order valence-corrected chi connectivity index (χ0v) is 18.2. The van der Waals surface area contributed by atoms with E-state index in [-0.39, 0.29) is 11.7 Å². The summed E-state index contributed by atoms with van der Waals surface area (Å²) in [4.78, 5) is 25.6. The van der Waals surface area contributed by atoms with E-state index in [2.05, 4.69) is 27.1 Å². The molecule has 29 heavy (non-hydrogen) atoms. The second kappa shape index (κ2) is 8.46. The molecule has 3 aromatic rings. The van der Waals surface area contributed by atoms with E-state index in [4.69, 9.17) is 9.47 Å². The Bertz CT molecular complexity index is 1050. The maximum absolute atomic E-state index is 13.0. The molecule has 0 atom stereocenters. The van der Waals surface area contributed by atoms with E-state index in [1.54, 1.807) is 43.8 Å². The van der Waals surface area contributed by atoms with Gasteiger partial charge in [-0.05, 0) is 19.1 Å². The van der Waals surface area contributed by atoms with Crippen LogP contribution in [0.1, 0.15) is 15.5 Å². The first-order valence-corrected chi connectivity index (χ1v) is 11.3. The van der Waals surface area contributed by atoms with Gasteiger partial charge in [-0.1, -0.05) is 0 Å². The Morgan fingerprint density at radius 2 is 1.97 bits per heavy atom. The molecule has 0 saturated carbocycles. The van der Waals surface area contributed by atoms with Gasteiger partial charge in [-0.2, -0.15) is 11.8 Å². The van der Waals surface area contributed by atoms with Crippen molar-refractivity contribution >= 4 is 51.4 Å². The van der Waals surface area contributed by atoms with Crippen LogP contribution in [-0.2, 0) is 0 Å². The molecule has 4 rings (SSSR count). The highest BCUT2D eigenvalue weighted by molar-refractivity contribution is 7.99. The standard InChI is InChI=1S/C20H22N4O3S2/c1-12-17-15(11-29-12)21-18(23-19(17)24-6-8-28-9-7-24)20(25)22-14-5-4-13(26-2)10-16(14)27-3/h4-5,10-11H,6-9H2,1-3H3,(H,22,25). The van der Waals surface area contributed by atoms with Crippen molar-refractivity contribution in [3.63, 3.8) is 0 Å². The smallest absolute Gasteiger partial charge is 0.293 e. The van der Waals surface area contributed by atoms with Crippen molar-refractivity contribution in [2.24, 2.45) is 0 Å². The molecule has 3 heterocycles. The predicted octanol–water partition coefficient (Wildman–Crippen LogP) is 3.82. The molecule has 7 nitrogen and oxygen atoms in total. The lowest BCUT2D eigenvalue weighted by Gasteiger charge is -2.28. The number of aromatic nitrogens is 2. The molecule has 1 fully saturated rings. The van der Waals surface area contributed by atoms with Crippen LogP contribution >= 0.6 is 23.1 Å². The van der Waals surface area contributed by atoms with Crippen LogP contribution in [0, 0.1) is 6.92 Å². The summed E-state index contributed by atoms with van der Waals surface area (Å²) in [7, 11) is 3.13. The first-order valence-electron chi connectivity index (χ1n) is 9.22. The highest BCUT2D eigenvalue weighted by Crippen LogP contribution is 2.33. The number of rotatable bonds is 5. The zero-order valence-electron chi connectivity index (χ0n) is 16.5. The molecule has 9 heteroatoms. The second-order valence-electron chi connectivity index (χ2n) is 6.54. The lowest BCUT2D eigenvalue weighted by molar-refractivity contribution is 0.101. The monoisotopic (exact) mass is 430 g/mol. The van der Waals surface area contributed by atoms with Gasteiger partial charge in [0, 0.05) is 40.9 Å². The van der Waals surface area contributed by atoms with E-state index in [0.29, 0.717) is 17.2 Å². The highest BCUT2D eigenvalue weighted by Gasteiger charge is 2.22. The molecule has 0 bridgehead atoms. The van der Waals surface area contributed by atoms with Gasteiger partial charge in [0.05, 0.1) is 30.8 Å². The third kappa shape index (κ3) is 3.97. The summed E-state index contributed by atoms with van der Waals surface area (Å²) in [5.41, 5.74) is 1.35. The maximum Gasteiger partial charge on any atom is 0.293 e. The number of thioether (sulfide) groups is 1. The number of amides is 1. The van der Waals surface area contributed by atoms with Gasteiger partial charge in [0.25, 0.3) is 5.91 Å². The summed E-state index contributed by atoms with van der Waals surface area (Å²) in [5, 5.41) is 5.89.